The highest BCUT2D eigenvalue weighted by molar-refractivity contribution is 5.54. The van der Waals surface area contributed by atoms with Crippen LogP contribution in [-0.2, 0) is 7.05 Å². The third kappa shape index (κ3) is 2.31. The van der Waals surface area contributed by atoms with Crippen LogP contribution in [0.2, 0.25) is 0 Å². The van der Waals surface area contributed by atoms with E-state index < -0.39 is 4.92 Å². The number of anilines is 1. The number of nitrogens with zero attached hydrogens (tertiary/aromatic N) is 4. The number of aryl methyl sites for hydroxylation is 1. The zero-order valence-corrected chi connectivity index (χ0v) is 10.7. The lowest BCUT2D eigenvalue weighted by atomic mass is 9.92. The van der Waals surface area contributed by atoms with Gasteiger partial charge in [0, 0.05) is 26.2 Å². The van der Waals surface area contributed by atoms with E-state index in [1.54, 1.807) is 11.6 Å². The van der Waals surface area contributed by atoms with Gasteiger partial charge >= 0.3 is 5.82 Å². The van der Waals surface area contributed by atoms with Gasteiger partial charge in [0.2, 0.25) is 12.1 Å². The van der Waals surface area contributed by atoms with Crippen molar-refractivity contribution in [3.63, 3.8) is 0 Å². The summed E-state index contributed by atoms with van der Waals surface area (Å²) in [7, 11) is 1.78. The molecule has 2 heterocycles. The van der Waals surface area contributed by atoms with Crippen molar-refractivity contribution in [1.82, 2.24) is 9.55 Å². The Kier molecular flexibility index (Phi) is 3.51. The lowest BCUT2D eigenvalue weighted by Crippen LogP contribution is -2.43. The predicted octanol–water partition coefficient (Wildman–Crippen LogP) is 0.892. The highest BCUT2D eigenvalue weighted by atomic mass is 16.6. The maximum absolute atomic E-state index is 11.0. The molecule has 0 aliphatic carbocycles. The minimum atomic E-state index is -0.426. The van der Waals surface area contributed by atoms with E-state index in [0.29, 0.717) is 11.7 Å². The van der Waals surface area contributed by atoms with Crippen molar-refractivity contribution < 1.29 is 4.92 Å². The van der Waals surface area contributed by atoms with Crippen LogP contribution < -0.4 is 10.6 Å². The number of aromatic nitrogens is 2. The molecule has 0 saturated carbocycles. The Labute approximate surface area is 106 Å². The Morgan fingerprint density at radius 3 is 3.00 bits per heavy atom. The summed E-state index contributed by atoms with van der Waals surface area (Å²) < 4.78 is 1.71. The first-order valence-corrected chi connectivity index (χ1v) is 6.17. The van der Waals surface area contributed by atoms with E-state index in [4.69, 9.17) is 5.73 Å². The molecular weight excluding hydrogens is 234 g/mol. The third-order valence-corrected chi connectivity index (χ3v) is 3.56. The molecule has 0 amide bonds. The van der Waals surface area contributed by atoms with Crippen LogP contribution >= 0.6 is 0 Å². The van der Waals surface area contributed by atoms with Crippen LogP contribution in [0.4, 0.5) is 11.6 Å². The van der Waals surface area contributed by atoms with E-state index in [1.165, 1.54) is 6.33 Å². The molecule has 18 heavy (non-hydrogen) atoms. The second-order valence-electron chi connectivity index (χ2n) is 4.97. The standard InChI is InChI=1S/C11H19N5O2/c1-8(12)9-4-3-5-15(6-9)11-10(16(17)18)13-7-14(11)2/h7-9H,3-6,12H2,1-2H3. The molecule has 1 aromatic heterocycles. The van der Waals surface area contributed by atoms with Crippen LogP contribution in [0.15, 0.2) is 6.33 Å². The molecule has 7 heteroatoms. The molecule has 100 valence electrons. The van der Waals surface area contributed by atoms with Gasteiger partial charge in [-0.2, -0.15) is 0 Å². The Balaban J connectivity index is 2.25. The Hall–Kier alpha value is -1.63. The highest BCUT2D eigenvalue weighted by Gasteiger charge is 2.30. The minimum absolute atomic E-state index is 0.0668. The van der Waals surface area contributed by atoms with Gasteiger partial charge in [0.25, 0.3) is 0 Å². The number of hydrogen-bond acceptors (Lipinski definition) is 5. The second-order valence-corrected chi connectivity index (χ2v) is 4.97. The quantitative estimate of drug-likeness (QED) is 0.638. The van der Waals surface area contributed by atoms with E-state index in [1.807, 2.05) is 11.8 Å². The SMILES string of the molecule is CC(N)C1CCCN(c2c([N+](=O)[O-])ncn2C)C1. The Morgan fingerprint density at radius 2 is 2.39 bits per heavy atom. The molecular formula is C11H19N5O2. The summed E-state index contributed by atoms with van der Waals surface area (Å²) in [6.07, 6.45) is 3.58. The average molecular weight is 253 g/mol. The van der Waals surface area contributed by atoms with Crippen molar-refractivity contribution in [3.05, 3.63) is 16.4 Å². The fraction of sp³-hybridized carbons (Fsp3) is 0.727. The molecule has 2 N–H and O–H groups in total. The van der Waals surface area contributed by atoms with Gasteiger partial charge in [-0.25, -0.2) is 0 Å². The summed E-state index contributed by atoms with van der Waals surface area (Å²) in [5, 5.41) is 11.0. The lowest BCUT2D eigenvalue weighted by molar-refractivity contribution is -0.388. The first-order chi connectivity index (χ1) is 8.50. The summed E-state index contributed by atoms with van der Waals surface area (Å²) >= 11 is 0. The molecule has 1 saturated heterocycles. The van der Waals surface area contributed by atoms with Gasteiger partial charge < -0.3 is 20.7 Å². The van der Waals surface area contributed by atoms with Crippen molar-refractivity contribution in [1.29, 1.82) is 0 Å². The van der Waals surface area contributed by atoms with Gasteiger partial charge in [-0.15, -0.1) is 0 Å². The van der Waals surface area contributed by atoms with Crippen LogP contribution in [0.5, 0.6) is 0 Å². The number of imidazole rings is 1. The minimum Gasteiger partial charge on any atom is -0.358 e. The largest absolute Gasteiger partial charge is 0.406 e. The zero-order valence-electron chi connectivity index (χ0n) is 10.7. The molecule has 0 radical (unpaired) electrons. The third-order valence-electron chi connectivity index (χ3n) is 3.56. The number of nitrogens with two attached hydrogens (primary N) is 1. The average Bonchev–Trinajstić information content (AvgIpc) is 2.71. The Morgan fingerprint density at radius 1 is 1.67 bits per heavy atom. The summed E-state index contributed by atoms with van der Waals surface area (Å²) in [5.41, 5.74) is 5.94. The molecule has 2 rings (SSSR count). The molecule has 1 aliphatic rings. The molecule has 2 unspecified atom stereocenters. The summed E-state index contributed by atoms with van der Waals surface area (Å²) in [6, 6.07) is 0.111. The molecule has 7 nitrogen and oxygen atoms in total. The maximum atomic E-state index is 11.0. The van der Waals surface area contributed by atoms with E-state index >= 15 is 0 Å². The van der Waals surface area contributed by atoms with Gasteiger partial charge in [-0.1, -0.05) is 0 Å². The van der Waals surface area contributed by atoms with E-state index in [9.17, 15) is 10.1 Å². The van der Waals surface area contributed by atoms with Gasteiger partial charge in [0.05, 0.1) is 0 Å². The fourth-order valence-electron chi connectivity index (χ4n) is 2.54. The highest BCUT2D eigenvalue weighted by Crippen LogP contribution is 2.30. The van der Waals surface area contributed by atoms with Crippen molar-refractivity contribution >= 4 is 11.6 Å². The van der Waals surface area contributed by atoms with Crippen LogP contribution in [0.25, 0.3) is 0 Å². The van der Waals surface area contributed by atoms with Gasteiger partial charge in [0.1, 0.15) is 0 Å². The topological polar surface area (TPSA) is 90.2 Å². The number of nitro groups is 1. The molecule has 2 atom stereocenters. The van der Waals surface area contributed by atoms with Gasteiger partial charge in [-0.05, 0) is 35.6 Å². The fourth-order valence-corrected chi connectivity index (χ4v) is 2.54. The van der Waals surface area contributed by atoms with Crippen molar-refractivity contribution in [2.75, 3.05) is 18.0 Å². The molecule has 1 fully saturated rings. The first-order valence-electron chi connectivity index (χ1n) is 6.17. The summed E-state index contributed by atoms with van der Waals surface area (Å²) in [6.45, 7) is 3.58. The maximum Gasteiger partial charge on any atom is 0.406 e. The smallest absolute Gasteiger partial charge is 0.358 e. The van der Waals surface area contributed by atoms with Crippen molar-refractivity contribution in [3.8, 4) is 0 Å². The lowest BCUT2D eigenvalue weighted by Gasteiger charge is -2.35. The number of hydrogen-bond donors (Lipinski definition) is 1. The number of piperidine rings is 1. The molecule has 1 aromatic rings. The summed E-state index contributed by atoms with van der Waals surface area (Å²) in [5.74, 6) is 0.904. The second kappa shape index (κ2) is 4.93. The van der Waals surface area contributed by atoms with Crippen LogP contribution in [0.3, 0.4) is 0 Å². The normalized spacial score (nSPS) is 21.9. The van der Waals surface area contributed by atoms with Crippen molar-refractivity contribution in [2.45, 2.75) is 25.8 Å². The summed E-state index contributed by atoms with van der Waals surface area (Å²) in [4.78, 5) is 16.4. The first kappa shape index (κ1) is 12.8. The molecule has 0 bridgehead atoms. The van der Waals surface area contributed by atoms with Crippen LogP contribution in [0, 0.1) is 16.0 Å². The van der Waals surface area contributed by atoms with E-state index in [-0.39, 0.29) is 11.9 Å². The number of rotatable bonds is 3. The molecule has 0 aromatic carbocycles. The molecule has 1 aliphatic heterocycles. The Bertz CT molecular complexity index is 443. The van der Waals surface area contributed by atoms with E-state index in [0.717, 1.165) is 25.9 Å². The van der Waals surface area contributed by atoms with Crippen molar-refractivity contribution in [2.24, 2.45) is 18.7 Å². The van der Waals surface area contributed by atoms with E-state index in [2.05, 4.69) is 4.98 Å². The zero-order chi connectivity index (χ0) is 13.3. The van der Waals surface area contributed by atoms with Crippen LogP contribution in [0.1, 0.15) is 19.8 Å². The van der Waals surface area contributed by atoms with Gasteiger partial charge in [-0.3, -0.25) is 4.57 Å². The monoisotopic (exact) mass is 253 g/mol. The molecule has 0 spiro atoms. The predicted molar refractivity (Wildman–Crippen MR) is 68.4 cm³/mol. The van der Waals surface area contributed by atoms with Gasteiger partial charge in [0.15, 0.2) is 0 Å². The van der Waals surface area contributed by atoms with Crippen LogP contribution in [-0.4, -0.2) is 33.6 Å².